The fourth-order valence-electron chi connectivity index (χ4n) is 10.5. The lowest BCUT2D eigenvalue weighted by Crippen LogP contribution is -2.28. The van der Waals surface area contributed by atoms with Gasteiger partial charge in [0.2, 0.25) is 0 Å². The lowest BCUT2D eigenvalue weighted by Gasteiger charge is -2.38. The Balaban J connectivity index is 1.03. The summed E-state index contributed by atoms with van der Waals surface area (Å²) in [5.41, 5.74) is 13.3. The molecule has 0 aromatic heterocycles. The highest BCUT2D eigenvalue weighted by Crippen LogP contribution is 2.62. The third-order valence-corrected chi connectivity index (χ3v) is 13.3. The normalized spacial score (nSPS) is 17.4. The summed E-state index contributed by atoms with van der Waals surface area (Å²) < 4.78 is 14.1. The van der Waals surface area contributed by atoms with E-state index < -0.39 is 5.41 Å². The molecular formula is C58H41NO2. The molecule has 61 heavy (non-hydrogen) atoms. The minimum absolute atomic E-state index is 0.130. The van der Waals surface area contributed by atoms with E-state index in [0.717, 1.165) is 58.6 Å². The van der Waals surface area contributed by atoms with Crippen LogP contribution in [0, 0.1) is 17.3 Å². The number of fused-ring (bicyclic) bond motifs is 8. The zero-order valence-corrected chi connectivity index (χ0v) is 33.9. The van der Waals surface area contributed by atoms with Gasteiger partial charge in [0.25, 0.3) is 0 Å². The maximum atomic E-state index is 7.07. The third kappa shape index (κ3) is 5.32. The summed E-state index contributed by atoms with van der Waals surface area (Å²) in [6.45, 7) is 2.34. The van der Waals surface area contributed by atoms with Crippen LogP contribution in [0.15, 0.2) is 205 Å². The molecule has 0 fully saturated rings. The van der Waals surface area contributed by atoms with Gasteiger partial charge in [-0.05, 0) is 92.9 Å². The van der Waals surface area contributed by atoms with Gasteiger partial charge in [-0.1, -0.05) is 177 Å². The van der Waals surface area contributed by atoms with E-state index in [1.807, 2.05) is 0 Å². The molecule has 1 aliphatic heterocycles. The molecule has 8 aromatic rings. The molecule has 3 aliphatic carbocycles. The Bertz CT molecular complexity index is 3150. The van der Waals surface area contributed by atoms with Crippen LogP contribution in [0.3, 0.4) is 0 Å². The van der Waals surface area contributed by atoms with Crippen LogP contribution in [0.4, 0.5) is 11.4 Å². The van der Waals surface area contributed by atoms with Crippen LogP contribution in [0.1, 0.15) is 48.4 Å². The summed E-state index contributed by atoms with van der Waals surface area (Å²) in [5, 5.41) is 2.35. The average molecular weight is 784 g/mol. The van der Waals surface area contributed by atoms with Crippen LogP contribution in [-0.4, -0.2) is 0 Å². The maximum absolute atomic E-state index is 7.07. The SMILES string of the molecule is C[C@]12C=CCCC1=C(N(c1ccc3c(c1)Oc1ccc4c(c1O3)-c1ccccc1C4(c1ccccc1)c1ccccc1)c1ccc(-c3ccccc3)c3ccccc13)C#CC2. The van der Waals surface area contributed by atoms with Gasteiger partial charge in [-0.3, -0.25) is 0 Å². The van der Waals surface area contributed by atoms with Gasteiger partial charge in [0.05, 0.1) is 22.5 Å². The van der Waals surface area contributed by atoms with Crippen molar-refractivity contribution < 1.29 is 9.47 Å². The highest BCUT2D eigenvalue weighted by atomic mass is 16.6. The smallest absolute Gasteiger partial charge is 0.178 e. The Morgan fingerprint density at radius 2 is 1.26 bits per heavy atom. The number of ether oxygens (including phenoxy) is 2. The van der Waals surface area contributed by atoms with Crippen LogP contribution in [-0.2, 0) is 5.41 Å². The lowest BCUT2D eigenvalue weighted by molar-refractivity contribution is 0.360. The fraction of sp³-hybridized carbons (Fsp3) is 0.103. The van der Waals surface area contributed by atoms with Crippen molar-refractivity contribution in [2.45, 2.75) is 31.6 Å². The van der Waals surface area contributed by atoms with Crippen molar-refractivity contribution in [2.24, 2.45) is 5.41 Å². The Morgan fingerprint density at radius 1 is 0.574 bits per heavy atom. The molecule has 0 saturated carbocycles. The van der Waals surface area contributed by atoms with E-state index in [-0.39, 0.29) is 5.41 Å². The second-order valence-corrected chi connectivity index (χ2v) is 16.7. The van der Waals surface area contributed by atoms with Crippen LogP contribution in [0.5, 0.6) is 23.0 Å². The first kappa shape index (κ1) is 35.4. The highest BCUT2D eigenvalue weighted by molar-refractivity contribution is 6.05. The van der Waals surface area contributed by atoms with E-state index in [9.17, 15) is 0 Å². The summed E-state index contributed by atoms with van der Waals surface area (Å²) in [4.78, 5) is 2.38. The Hall–Kier alpha value is -7.54. The molecule has 1 heterocycles. The van der Waals surface area contributed by atoms with E-state index in [0.29, 0.717) is 17.2 Å². The monoisotopic (exact) mass is 783 g/mol. The number of benzene rings is 8. The van der Waals surface area contributed by atoms with Crippen molar-refractivity contribution in [1.82, 2.24) is 0 Å². The number of nitrogens with zero attached hydrogens (tertiary/aromatic N) is 1. The molecule has 0 amide bonds. The molecule has 3 heteroatoms. The van der Waals surface area contributed by atoms with Gasteiger partial charge in [-0.2, -0.15) is 0 Å². The lowest BCUT2D eigenvalue weighted by atomic mass is 9.68. The number of allylic oxidation sites excluding steroid dienone is 4. The second-order valence-electron chi connectivity index (χ2n) is 16.7. The topological polar surface area (TPSA) is 21.7 Å². The minimum atomic E-state index is -0.533. The first-order valence-corrected chi connectivity index (χ1v) is 21.3. The van der Waals surface area contributed by atoms with E-state index in [1.165, 1.54) is 44.3 Å². The third-order valence-electron chi connectivity index (χ3n) is 13.3. The van der Waals surface area contributed by atoms with Gasteiger partial charge in [0.1, 0.15) is 0 Å². The van der Waals surface area contributed by atoms with Crippen molar-refractivity contribution in [3.63, 3.8) is 0 Å². The summed E-state index contributed by atoms with van der Waals surface area (Å²) in [5.74, 6) is 10.0. The van der Waals surface area contributed by atoms with Crippen molar-refractivity contribution in [2.75, 3.05) is 4.90 Å². The van der Waals surface area contributed by atoms with Gasteiger partial charge >= 0.3 is 0 Å². The number of hydrogen-bond donors (Lipinski definition) is 0. The van der Waals surface area contributed by atoms with Crippen LogP contribution in [0.2, 0.25) is 0 Å². The van der Waals surface area contributed by atoms with Crippen molar-refractivity contribution in [1.29, 1.82) is 0 Å². The zero-order valence-electron chi connectivity index (χ0n) is 33.9. The van der Waals surface area contributed by atoms with E-state index >= 15 is 0 Å². The van der Waals surface area contributed by atoms with Crippen LogP contribution < -0.4 is 14.4 Å². The van der Waals surface area contributed by atoms with Crippen LogP contribution in [0.25, 0.3) is 33.0 Å². The van der Waals surface area contributed by atoms with Crippen molar-refractivity contribution in [3.05, 3.63) is 228 Å². The minimum Gasteiger partial charge on any atom is -0.449 e. The first-order chi connectivity index (χ1) is 30.1. The fourth-order valence-corrected chi connectivity index (χ4v) is 10.5. The quantitative estimate of drug-likeness (QED) is 0.124. The molecule has 4 aliphatic rings. The summed E-state index contributed by atoms with van der Waals surface area (Å²) in [7, 11) is 0. The van der Waals surface area contributed by atoms with Gasteiger partial charge in [-0.25, -0.2) is 0 Å². The van der Waals surface area contributed by atoms with E-state index in [1.54, 1.807) is 0 Å². The van der Waals surface area contributed by atoms with E-state index in [4.69, 9.17) is 9.47 Å². The molecule has 12 rings (SSSR count). The molecule has 0 N–H and O–H groups in total. The van der Waals surface area contributed by atoms with E-state index in [2.05, 4.69) is 218 Å². The maximum Gasteiger partial charge on any atom is 0.178 e. The average Bonchev–Trinajstić information content (AvgIpc) is 3.63. The molecule has 1 atom stereocenters. The molecule has 290 valence electrons. The predicted molar refractivity (Wildman–Crippen MR) is 248 cm³/mol. The van der Waals surface area contributed by atoms with Crippen molar-refractivity contribution >= 4 is 22.1 Å². The molecule has 3 nitrogen and oxygen atoms in total. The number of anilines is 2. The zero-order chi connectivity index (χ0) is 40.5. The Labute approximate surface area is 356 Å². The summed E-state index contributed by atoms with van der Waals surface area (Å²) >= 11 is 0. The van der Waals surface area contributed by atoms with Gasteiger partial charge in [0, 0.05) is 28.9 Å². The predicted octanol–water partition coefficient (Wildman–Crippen LogP) is 14.9. The Kier molecular flexibility index (Phi) is 7.99. The molecule has 8 aromatic carbocycles. The van der Waals surface area contributed by atoms with Gasteiger partial charge < -0.3 is 14.4 Å². The summed E-state index contributed by atoms with van der Waals surface area (Å²) in [6, 6.07) is 65.1. The summed E-state index contributed by atoms with van der Waals surface area (Å²) in [6.07, 6.45) is 7.47. The Morgan fingerprint density at radius 3 is 2.05 bits per heavy atom. The molecule has 0 unspecified atom stereocenters. The van der Waals surface area contributed by atoms with Gasteiger partial charge in [-0.15, -0.1) is 0 Å². The number of rotatable bonds is 6. The van der Waals surface area contributed by atoms with Crippen molar-refractivity contribution in [3.8, 4) is 57.1 Å². The largest absolute Gasteiger partial charge is 0.449 e. The molecule has 0 bridgehead atoms. The molecular weight excluding hydrogens is 743 g/mol. The highest BCUT2D eigenvalue weighted by Gasteiger charge is 2.48. The first-order valence-electron chi connectivity index (χ1n) is 21.3. The second kappa shape index (κ2) is 13.8. The molecule has 0 spiro atoms. The van der Waals surface area contributed by atoms with Gasteiger partial charge in [0.15, 0.2) is 23.0 Å². The van der Waals surface area contributed by atoms with Crippen LogP contribution >= 0.6 is 0 Å². The number of hydrogen-bond acceptors (Lipinski definition) is 3. The standard InChI is InChI=1S/C58H41NO2/c1-57-36-16-15-28-48(57)51(29-17-37-57)59(50-33-31-43(39-18-5-2-6-19-39)44-24-11-12-25-45(44)50)42-30-34-52-54(38-42)60-53-35-32-49-55(56(53)61-52)46-26-13-14-27-47(46)58(49,40-20-7-3-8-21-40)41-22-9-4-10-23-41/h2-14,16,18-27,30-36,38H,15,28,37H2,1H3/t57-/m1/s1. The molecule has 0 radical (unpaired) electrons. The molecule has 0 saturated heterocycles.